The zero-order valence-electron chi connectivity index (χ0n) is 11.4. The van der Waals surface area contributed by atoms with Gasteiger partial charge in [-0.25, -0.2) is 0 Å². The first kappa shape index (κ1) is 15.4. The minimum atomic E-state index is -4.65. The monoisotopic (exact) mass is 295 g/mol. The third-order valence-electron chi connectivity index (χ3n) is 3.80. The lowest BCUT2D eigenvalue weighted by molar-refractivity contribution is -0.274. The smallest absolute Gasteiger partial charge is 0.406 e. The van der Waals surface area contributed by atoms with Crippen LogP contribution >= 0.6 is 0 Å². The number of halogens is 3. The van der Waals surface area contributed by atoms with Crippen LogP contribution in [-0.2, 0) is 0 Å². The van der Waals surface area contributed by atoms with Crippen LogP contribution in [-0.4, -0.2) is 6.36 Å². The molecule has 0 aliphatic heterocycles. The van der Waals surface area contributed by atoms with Crippen molar-refractivity contribution >= 4 is 0 Å². The minimum absolute atomic E-state index is 0.183. The maximum absolute atomic E-state index is 12.1. The first-order valence-electron chi connectivity index (χ1n) is 6.90. The van der Waals surface area contributed by atoms with Crippen molar-refractivity contribution in [3.05, 3.63) is 42.0 Å². The van der Waals surface area contributed by atoms with Crippen LogP contribution in [0.3, 0.4) is 0 Å². The van der Waals surface area contributed by atoms with Crippen molar-refractivity contribution in [3.63, 3.8) is 0 Å². The van der Waals surface area contributed by atoms with Gasteiger partial charge >= 0.3 is 6.36 Å². The second-order valence-corrected chi connectivity index (χ2v) is 5.22. The number of rotatable bonds is 3. The Hall–Kier alpha value is -1.96. The summed E-state index contributed by atoms with van der Waals surface area (Å²) in [6.45, 7) is 0. The Morgan fingerprint density at radius 1 is 1.10 bits per heavy atom. The van der Waals surface area contributed by atoms with Gasteiger partial charge in [-0.2, -0.15) is 5.26 Å². The molecule has 5 heteroatoms. The minimum Gasteiger partial charge on any atom is -0.406 e. The molecule has 0 unspecified atom stereocenters. The molecule has 21 heavy (non-hydrogen) atoms. The summed E-state index contributed by atoms with van der Waals surface area (Å²) in [5, 5.41) is 8.50. The summed E-state index contributed by atoms with van der Waals surface area (Å²) in [5.41, 5.74) is 1.05. The maximum Gasteiger partial charge on any atom is 0.573 e. The van der Waals surface area contributed by atoms with Gasteiger partial charge in [0, 0.05) is 6.08 Å². The number of nitrogens with zero attached hydrogens (tertiary/aromatic N) is 1. The summed E-state index contributed by atoms with van der Waals surface area (Å²) in [6, 6.07) is 8.14. The quantitative estimate of drug-likeness (QED) is 0.740. The van der Waals surface area contributed by atoms with E-state index in [9.17, 15) is 13.2 Å². The molecule has 0 radical (unpaired) electrons. The van der Waals surface area contributed by atoms with Gasteiger partial charge in [0.1, 0.15) is 5.75 Å². The number of alkyl halides is 3. The van der Waals surface area contributed by atoms with Crippen molar-refractivity contribution < 1.29 is 17.9 Å². The van der Waals surface area contributed by atoms with Crippen LogP contribution < -0.4 is 4.74 Å². The van der Waals surface area contributed by atoms with Crippen molar-refractivity contribution in [2.45, 2.75) is 38.0 Å². The highest BCUT2D eigenvalue weighted by atomic mass is 19.4. The maximum atomic E-state index is 12.1. The molecular formula is C16H16F3NO. The molecule has 2 rings (SSSR count). The standard InChI is InChI=1S/C16H16F3NO/c17-16(18,19)21-15-9-7-14(8-10-15)13-5-3-12(4-6-13)2-1-11-20/h1-2,7-10,12-13H,3-6H2. The Labute approximate surface area is 121 Å². The van der Waals surface area contributed by atoms with E-state index in [1.54, 1.807) is 12.1 Å². The molecule has 0 heterocycles. The van der Waals surface area contributed by atoms with E-state index in [1.165, 1.54) is 18.2 Å². The van der Waals surface area contributed by atoms with E-state index in [4.69, 9.17) is 5.26 Å². The van der Waals surface area contributed by atoms with E-state index >= 15 is 0 Å². The van der Waals surface area contributed by atoms with E-state index in [1.807, 2.05) is 12.1 Å². The van der Waals surface area contributed by atoms with E-state index in [0.29, 0.717) is 11.8 Å². The third kappa shape index (κ3) is 4.82. The lowest BCUT2D eigenvalue weighted by Crippen LogP contribution is -2.17. The number of hydrogen-bond acceptors (Lipinski definition) is 2. The average Bonchev–Trinajstić information content (AvgIpc) is 2.45. The normalized spacial score (nSPS) is 23.0. The summed E-state index contributed by atoms with van der Waals surface area (Å²) in [4.78, 5) is 0. The molecule has 1 aliphatic rings. The zero-order valence-corrected chi connectivity index (χ0v) is 11.4. The van der Waals surface area contributed by atoms with Crippen LogP contribution in [0.2, 0.25) is 0 Å². The molecule has 1 aromatic carbocycles. The molecule has 1 fully saturated rings. The van der Waals surface area contributed by atoms with Crippen LogP contribution in [0.5, 0.6) is 5.75 Å². The molecule has 1 saturated carbocycles. The molecule has 0 amide bonds. The van der Waals surface area contributed by atoms with Crippen LogP contribution in [0.25, 0.3) is 0 Å². The Morgan fingerprint density at radius 3 is 2.24 bits per heavy atom. The molecule has 1 aliphatic carbocycles. The molecule has 0 bridgehead atoms. The number of ether oxygens (including phenoxy) is 1. The highest BCUT2D eigenvalue weighted by Gasteiger charge is 2.31. The first-order chi connectivity index (χ1) is 9.98. The van der Waals surface area contributed by atoms with Gasteiger partial charge < -0.3 is 4.74 Å². The molecule has 0 spiro atoms. The molecule has 112 valence electrons. The van der Waals surface area contributed by atoms with Crippen molar-refractivity contribution in [1.29, 1.82) is 5.26 Å². The molecule has 0 aromatic heterocycles. The van der Waals surface area contributed by atoms with Crippen molar-refractivity contribution in [1.82, 2.24) is 0 Å². The first-order valence-corrected chi connectivity index (χ1v) is 6.90. The van der Waals surface area contributed by atoms with Crippen molar-refractivity contribution in [2.75, 3.05) is 0 Å². The number of hydrogen-bond donors (Lipinski definition) is 0. The fraction of sp³-hybridized carbons (Fsp3) is 0.438. The van der Waals surface area contributed by atoms with Gasteiger partial charge in [0.15, 0.2) is 0 Å². The van der Waals surface area contributed by atoms with Crippen molar-refractivity contribution in [3.8, 4) is 11.8 Å². The Balaban J connectivity index is 1.92. The zero-order chi connectivity index (χ0) is 15.3. The van der Waals surface area contributed by atoms with Crippen LogP contribution in [0.15, 0.2) is 36.4 Å². The lowest BCUT2D eigenvalue weighted by Gasteiger charge is -2.27. The predicted molar refractivity (Wildman–Crippen MR) is 72.6 cm³/mol. The van der Waals surface area contributed by atoms with Gasteiger partial charge in [-0.1, -0.05) is 18.2 Å². The number of benzene rings is 1. The van der Waals surface area contributed by atoms with Gasteiger partial charge in [-0.05, 0) is 55.2 Å². The second kappa shape index (κ2) is 6.66. The fourth-order valence-electron chi connectivity index (χ4n) is 2.77. The molecule has 2 nitrogen and oxygen atoms in total. The Kier molecular flexibility index (Phi) is 4.89. The van der Waals surface area contributed by atoms with E-state index in [2.05, 4.69) is 4.74 Å². The van der Waals surface area contributed by atoms with Crippen LogP contribution in [0.1, 0.15) is 37.2 Å². The summed E-state index contributed by atoms with van der Waals surface area (Å²) < 4.78 is 40.1. The van der Waals surface area contributed by atoms with E-state index in [-0.39, 0.29) is 5.75 Å². The molecule has 1 aromatic rings. The van der Waals surface area contributed by atoms with Crippen LogP contribution in [0.4, 0.5) is 13.2 Å². The van der Waals surface area contributed by atoms with Crippen LogP contribution in [0, 0.1) is 17.2 Å². The van der Waals surface area contributed by atoms with Gasteiger partial charge in [-0.3, -0.25) is 0 Å². The lowest BCUT2D eigenvalue weighted by atomic mass is 9.78. The molecule has 0 saturated heterocycles. The summed E-state index contributed by atoms with van der Waals surface area (Å²) in [6.07, 6.45) is 2.80. The highest BCUT2D eigenvalue weighted by molar-refractivity contribution is 5.30. The van der Waals surface area contributed by atoms with Crippen molar-refractivity contribution in [2.24, 2.45) is 5.92 Å². The van der Waals surface area contributed by atoms with E-state index in [0.717, 1.165) is 31.2 Å². The molecule has 0 atom stereocenters. The van der Waals surface area contributed by atoms with E-state index < -0.39 is 6.36 Å². The highest BCUT2D eigenvalue weighted by Crippen LogP contribution is 2.37. The Morgan fingerprint density at radius 2 is 1.71 bits per heavy atom. The molecule has 0 N–H and O–H groups in total. The van der Waals surface area contributed by atoms with Gasteiger partial charge in [0.2, 0.25) is 0 Å². The Bertz CT molecular complexity index is 520. The predicted octanol–water partition coefficient (Wildman–Crippen LogP) is 4.94. The van der Waals surface area contributed by atoms with Gasteiger partial charge in [0.05, 0.1) is 6.07 Å². The largest absolute Gasteiger partial charge is 0.573 e. The number of allylic oxidation sites excluding steroid dienone is 2. The summed E-state index contributed by atoms with van der Waals surface area (Å²) in [5.74, 6) is 0.627. The van der Waals surface area contributed by atoms with Gasteiger partial charge in [0.25, 0.3) is 0 Å². The van der Waals surface area contributed by atoms with Gasteiger partial charge in [-0.15, -0.1) is 13.2 Å². The average molecular weight is 295 g/mol. The molecular weight excluding hydrogens is 279 g/mol. The topological polar surface area (TPSA) is 33.0 Å². The summed E-state index contributed by atoms with van der Waals surface area (Å²) in [7, 11) is 0. The SMILES string of the molecule is N#CC=CC1CCC(c2ccc(OC(F)(F)F)cc2)CC1. The third-order valence-corrected chi connectivity index (χ3v) is 3.80. The number of nitriles is 1. The second-order valence-electron chi connectivity index (χ2n) is 5.22. The summed E-state index contributed by atoms with van der Waals surface area (Å²) >= 11 is 0. The fourth-order valence-corrected chi connectivity index (χ4v) is 2.77.